The average Bonchev–Trinajstić information content (AvgIpc) is 3.25. The van der Waals surface area contributed by atoms with Crippen LogP contribution in [0.4, 0.5) is 11.4 Å². The third kappa shape index (κ3) is 4.35. The first-order chi connectivity index (χ1) is 12.0. The Bertz CT molecular complexity index is 913. The van der Waals surface area contributed by atoms with E-state index in [0.717, 1.165) is 16.6 Å². The first kappa shape index (κ1) is 17.4. The Labute approximate surface area is 154 Å². The summed E-state index contributed by atoms with van der Waals surface area (Å²) in [6.45, 7) is 0. The first-order valence-electron chi connectivity index (χ1n) is 6.77. The van der Waals surface area contributed by atoms with Gasteiger partial charge in [-0.15, -0.1) is 21.5 Å². The Morgan fingerprint density at radius 1 is 1.40 bits per heavy atom. The van der Waals surface area contributed by atoms with Gasteiger partial charge in [0.1, 0.15) is 0 Å². The van der Waals surface area contributed by atoms with Crippen LogP contribution in [0.25, 0.3) is 10.8 Å². The van der Waals surface area contributed by atoms with E-state index in [0.29, 0.717) is 11.6 Å². The van der Waals surface area contributed by atoms with Crippen LogP contribution in [0.15, 0.2) is 45.4 Å². The van der Waals surface area contributed by atoms with Crippen molar-refractivity contribution in [2.24, 2.45) is 0 Å². The van der Waals surface area contributed by atoms with Crippen molar-refractivity contribution in [2.75, 3.05) is 11.1 Å². The second-order valence-electron chi connectivity index (χ2n) is 4.61. The molecular formula is C14H9ClN4O4S2. The number of nitro groups is 1. The van der Waals surface area contributed by atoms with Gasteiger partial charge in [-0.2, -0.15) is 0 Å². The quantitative estimate of drug-likeness (QED) is 0.379. The Hall–Kier alpha value is -2.43. The fourth-order valence-corrected chi connectivity index (χ4v) is 3.23. The van der Waals surface area contributed by atoms with E-state index >= 15 is 0 Å². The van der Waals surface area contributed by atoms with E-state index < -0.39 is 4.92 Å². The van der Waals surface area contributed by atoms with Crippen LogP contribution in [0.3, 0.4) is 0 Å². The van der Waals surface area contributed by atoms with E-state index in [4.69, 9.17) is 16.0 Å². The third-order valence-electron chi connectivity index (χ3n) is 2.90. The Morgan fingerprint density at radius 2 is 2.24 bits per heavy atom. The minimum absolute atomic E-state index is 0.0272. The van der Waals surface area contributed by atoms with Crippen molar-refractivity contribution >= 4 is 52.0 Å². The highest BCUT2D eigenvalue weighted by atomic mass is 35.5. The summed E-state index contributed by atoms with van der Waals surface area (Å²) >= 11 is 8.48. The number of rotatable bonds is 6. The molecule has 8 nitrogen and oxygen atoms in total. The van der Waals surface area contributed by atoms with Crippen LogP contribution in [0.5, 0.6) is 0 Å². The number of thioether (sulfide) groups is 1. The lowest BCUT2D eigenvalue weighted by atomic mass is 10.3. The van der Waals surface area contributed by atoms with Crippen molar-refractivity contribution in [3.05, 3.63) is 50.8 Å². The second-order valence-corrected chi connectivity index (χ2v) is 6.89. The number of aromatic nitrogens is 2. The number of thiophene rings is 1. The highest BCUT2D eigenvalue weighted by Crippen LogP contribution is 2.28. The molecule has 0 spiro atoms. The molecule has 3 rings (SSSR count). The zero-order valence-electron chi connectivity index (χ0n) is 12.3. The number of hydrogen-bond donors (Lipinski definition) is 1. The SMILES string of the molecule is O=C(CSc1nnc(-c2cccs2)o1)Nc1ccc([N+](=O)[O-])cc1Cl. The number of benzene rings is 1. The lowest BCUT2D eigenvalue weighted by molar-refractivity contribution is -0.384. The summed E-state index contributed by atoms with van der Waals surface area (Å²) in [5.41, 5.74) is 0.145. The summed E-state index contributed by atoms with van der Waals surface area (Å²) in [5.74, 6) is 0.0762. The Balaban J connectivity index is 1.57. The van der Waals surface area contributed by atoms with Crippen molar-refractivity contribution in [1.29, 1.82) is 0 Å². The van der Waals surface area contributed by atoms with Crippen LogP contribution in [0.2, 0.25) is 5.02 Å². The number of carbonyl (C=O) groups excluding carboxylic acids is 1. The van der Waals surface area contributed by atoms with Gasteiger partial charge in [0.2, 0.25) is 5.91 Å². The lowest BCUT2D eigenvalue weighted by Gasteiger charge is -2.05. The predicted octanol–water partition coefficient (Wildman–Crippen LogP) is 4.09. The molecule has 2 heterocycles. The molecule has 1 aromatic carbocycles. The smallest absolute Gasteiger partial charge is 0.277 e. The fraction of sp³-hybridized carbons (Fsp3) is 0.0714. The molecule has 25 heavy (non-hydrogen) atoms. The minimum Gasteiger partial charge on any atom is -0.410 e. The maximum atomic E-state index is 12.0. The van der Waals surface area contributed by atoms with Crippen LogP contribution in [0.1, 0.15) is 0 Å². The largest absolute Gasteiger partial charge is 0.410 e. The molecule has 0 aliphatic heterocycles. The number of halogens is 1. The van der Waals surface area contributed by atoms with Crippen LogP contribution in [-0.4, -0.2) is 26.8 Å². The van der Waals surface area contributed by atoms with Gasteiger partial charge in [0.15, 0.2) is 0 Å². The normalized spacial score (nSPS) is 10.6. The molecule has 3 aromatic rings. The van der Waals surface area contributed by atoms with Crippen molar-refractivity contribution < 1.29 is 14.1 Å². The van der Waals surface area contributed by atoms with Crippen LogP contribution in [-0.2, 0) is 4.79 Å². The molecule has 0 atom stereocenters. The van der Waals surface area contributed by atoms with Gasteiger partial charge in [-0.3, -0.25) is 14.9 Å². The molecule has 0 fully saturated rings. The molecule has 0 unspecified atom stereocenters. The number of non-ortho nitro benzene ring substituents is 1. The Kier molecular flexibility index (Phi) is 5.31. The molecule has 0 saturated heterocycles. The number of nitro benzene ring substituents is 1. The number of anilines is 1. The summed E-state index contributed by atoms with van der Waals surface area (Å²) in [6.07, 6.45) is 0. The van der Waals surface area contributed by atoms with E-state index in [1.807, 2.05) is 17.5 Å². The van der Waals surface area contributed by atoms with Gasteiger partial charge in [0.05, 0.1) is 26.3 Å². The van der Waals surface area contributed by atoms with Gasteiger partial charge >= 0.3 is 0 Å². The highest BCUT2D eigenvalue weighted by molar-refractivity contribution is 7.99. The molecule has 128 valence electrons. The zero-order chi connectivity index (χ0) is 17.8. The summed E-state index contributed by atoms with van der Waals surface area (Å²) in [6, 6.07) is 7.55. The zero-order valence-corrected chi connectivity index (χ0v) is 14.7. The van der Waals surface area contributed by atoms with E-state index in [-0.39, 0.29) is 27.6 Å². The van der Waals surface area contributed by atoms with E-state index in [1.54, 1.807) is 0 Å². The van der Waals surface area contributed by atoms with Gasteiger partial charge in [-0.1, -0.05) is 29.4 Å². The van der Waals surface area contributed by atoms with E-state index in [9.17, 15) is 14.9 Å². The number of nitrogens with one attached hydrogen (secondary N) is 1. The van der Waals surface area contributed by atoms with Gasteiger partial charge in [-0.25, -0.2) is 0 Å². The molecule has 0 bridgehead atoms. The monoisotopic (exact) mass is 396 g/mol. The minimum atomic E-state index is -0.561. The Morgan fingerprint density at radius 3 is 2.92 bits per heavy atom. The van der Waals surface area contributed by atoms with E-state index in [1.165, 1.54) is 29.5 Å². The molecule has 11 heteroatoms. The van der Waals surface area contributed by atoms with Crippen LogP contribution in [0, 0.1) is 10.1 Å². The molecule has 0 saturated carbocycles. The van der Waals surface area contributed by atoms with Crippen molar-refractivity contribution in [2.45, 2.75) is 5.22 Å². The average molecular weight is 397 g/mol. The standard InChI is InChI=1S/C14H9ClN4O4S2/c15-9-6-8(19(21)22)3-4-10(9)16-12(20)7-25-14-18-17-13(23-14)11-2-1-5-24-11/h1-6H,7H2,(H,16,20). The van der Waals surface area contributed by atoms with Crippen molar-refractivity contribution in [1.82, 2.24) is 10.2 Å². The maximum absolute atomic E-state index is 12.0. The predicted molar refractivity (Wildman–Crippen MR) is 95.1 cm³/mol. The van der Waals surface area contributed by atoms with Gasteiger partial charge < -0.3 is 9.73 Å². The fourth-order valence-electron chi connectivity index (χ4n) is 1.80. The molecule has 0 aliphatic rings. The molecule has 0 radical (unpaired) electrons. The van der Waals surface area contributed by atoms with Crippen LogP contribution >= 0.6 is 34.7 Å². The number of carbonyl (C=O) groups is 1. The second kappa shape index (κ2) is 7.64. The van der Waals surface area contributed by atoms with Crippen molar-refractivity contribution in [3.8, 4) is 10.8 Å². The molecule has 1 amide bonds. The van der Waals surface area contributed by atoms with E-state index in [2.05, 4.69) is 15.5 Å². The van der Waals surface area contributed by atoms with Crippen LogP contribution < -0.4 is 5.32 Å². The number of nitrogens with zero attached hydrogens (tertiary/aromatic N) is 3. The van der Waals surface area contributed by atoms with Gasteiger partial charge in [0.25, 0.3) is 16.8 Å². The number of hydrogen-bond acceptors (Lipinski definition) is 8. The molecule has 2 aromatic heterocycles. The van der Waals surface area contributed by atoms with Crippen molar-refractivity contribution in [3.63, 3.8) is 0 Å². The topological polar surface area (TPSA) is 111 Å². The summed E-state index contributed by atoms with van der Waals surface area (Å²) in [4.78, 5) is 22.9. The molecule has 1 N–H and O–H groups in total. The highest BCUT2D eigenvalue weighted by Gasteiger charge is 2.14. The molecule has 0 aliphatic carbocycles. The summed E-state index contributed by atoms with van der Waals surface area (Å²) in [7, 11) is 0. The third-order valence-corrected chi connectivity index (χ3v) is 4.89. The number of amides is 1. The van der Waals surface area contributed by atoms with Gasteiger partial charge in [-0.05, 0) is 17.5 Å². The molecular weight excluding hydrogens is 388 g/mol. The summed E-state index contributed by atoms with van der Waals surface area (Å²) < 4.78 is 5.46. The van der Waals surface area contributed by atoms with Gasteiger partial charge in [0, 0.05) is 12.1 Å². The summed E-state index contributed by atoms with van der Waals surface area (Å²) in [5, 5.41) is 23.3. The first-order valence-corrected chi connectivity index (χ1v) is 9.01. The lowest BCUT2D eigenvalue weighted by Crippen LogP contribution is -2.14. The maximum Gasteiger partial charge on any atom is 0.277 e.